The Labute approximate surface area is 151 Å². The fourth-order valence-corrected chi connectivity index (χ4v) is 3.10. The maximum Gasteiger partial charge on any atom is 0.191 e. The fraction of sp³-hybridized carbons (Fsp3) is 0.632. The number of nitrogens with one attached hydrogen (secondary N) is 2. The van der Waals surface area contributed by atoms with Gasteiger partial charge in [-0.2, -0.15) is 0 Å². The van der Waals surface area contributed by atoms with Crippen molar-refractivity contribution in [2.45, 2.75) is 25.8 Å². The lowest BCUT2D eigenvalue weighted by atomic mass is 10.1. The molecule has 1 aliphatic rings. The minimum atomic E-state index is 0.297. The van der Waals surface area contributed by atoms with Crippen LogP contribution in [0, 0.1) is 0 Å². The van der Waals surface area contributed by atoms with Crippen LogP contribution < -0.4 is 15.4 Å². The summed E-state index contributed by atoms with van der Waals surface area (Å²) < 4.78 is 10.4. The highest BCUT2D eigenvalue weighted by Crippen LogP contribution is 2.27. The highest BCUT2D eigenvalue weighted by molar-refractivity contribution is 5.79. The Morgan fingerprint density at radius 2 is 1.88 bits per heavy atom. The Kier molecular flexibility index (Phi) is 8.55. The van der Waals surface area contributed by atoms with Crippen LogP contribution in [0.4, 0.5) is 0 Å². The molecule has 140 valence electrons. The number of nitrogens with zero attached hydrogens (tertiary/aromatic N) is 2. The van der Waals surface area contributed by atoms with Crippen molar-refractivity contribution in [1.82, 2.24) is 15.5 Å². The number of hydrogen-bond acceptors (Lipinski definition) is 4. The second kappa shape index (κ2) is 10.9. The van der Waals surface area contributed by atoms with E-state index in [0.29, 0.717) is 12.6 Å². The summed E-state index contributed by atoms with van der Waals surface area (Å²) in [5.41, 5.74) is 1.29. The molecule has 1 aromatic carbocycles. The minimum absolute atomic E-state index is 0.297. The lowest BCUT2D eigenvalue weighted by Crippen LogP contribution is -2.39. The molecular formula is C19H32N4O2. The molecule has 0 spiro atoms. The molecule has 0 bridgehead atoms. The number of ether oxygens (including phenoxy) is 2. The van der Waals surface area contributed by atoms with E-state index in [2.05, 4.69) is 34.6 Å². The van der Waals surface area contributed by atoms with Crippen LogP contribution in [0.2, 0.25) is 0 Å². The van der Waals surface area contributed by atoms with E-state index in [-0.39, 0.29) is 0 Å². The molecule has 0 amide bonds. The molecule has 1 heterocycles. The predicted molar refractivity (Wildman–Crippen MR) is 102 cm³/mol. The van der Waals surface area contributed by atoms with Crippen molar-refractivity contribution < 1.29 is 9.47 Å². The molecule has 0 radical (unpaired) electrons. The zero-order valence-electron chi connectivity index (χ0n) is 15.8. The van der Waals surface area contributed by atoms with E-state index >= 15 is 0 Å². The number of benzene rings is 1. The van der Waals surface area contributed by atoms with Gasteiger partial charge in [0, 0.05) is 20.2 Å². The number of guanidine groups is 1. The number of likely N-dealkylation sites (tertiary alicyclic amines) is 1. The summed E-state index contributed by atoms with van der Waals surface area (Å²) in [6.45, 7) is 7.34. The van der Waals surface area contributed by atoms with E-state index in [1.54, 1.807) is 14.2 Å². The van der Waals surface area contributed by atoms with E-state index in [1.165, 1.54) is 18.4 Å². The Hall–Kier alpha value is -1.79. The van der Waals surface area contributed by atoms with Gasteiger partial charge >= 0.3 is 0 Å². The molecule has 1 fully saturated rings. The average molecular weight is 348 g/mol. The van der Waals surface area contributed by atoms with Gasteiger partial charge in [-0.1, -0.05) is 12.1 Å². The molecule has 0 aliphatic carbocycles. The maximum absolute atomic E-state index is 5.29. The summed E-state index contributed by atoms with van der Waals surface area (Å²) in [6.07, 6.45) is 2.53. The van der Waals surface area contributed by atoms with E-state index in [4.69, 9.17) is 14.5 Å². The smallest absolute Gasteiger partial charge is 0.191 e. The van der Waals surface area contributed by atoms with Gasteiger partial charge in [-0.15, -0.1) is 0 Å². The van der Waals surface area contributed by atoms with E-state index in [0.717, 1.165) is 44.4 Å². The first kappa shape index (κ1) is 19.5. The van der Waals surface area contributed by atoms with Gasteiger partial charge in [-0.05, 0) is 50.6 Å². The van der Waals surface area contributed by atoms with Gasteiger partial charge in [-0.25, -0.2) is 0 Å². The summed E-state index contributed by atoms with van der Waals surface area (Å²) in [5, 5.41) is 6.61. The second-order valence-electron chi connectivity index (χ2n) is 6.17. The fourth-order valence-electron chi connectivity index (χ4n) is 3.10. The summed E-state index contributed by atoms with van der Waals surface area (Å²) in [7, 11) is 3.41. The maximum atomic E-state index is 5.29. The van der Waals surface area contributed by atoms with Crippen molar-refractivity contribution in [3.05, 3.63) is 29.8 Å². The summed E-state index contributed by atoms with van der Waals surface area (Å²) in [5.74, 6) is 1.74. The first-order chi connectivity index (χ1) is 12.3. The second-order valence-corrected chi connectivity index (χ2v) is 6.17. The zero-order chi connectivity index (χ0) is 17.9. The third-order valence-corrected chi connectivity index (χ3v) is 4.45. The van der Waals surface area contributed by atoms with Crippen LogP contribution in [-0.2, 0) is 4.74 Å². The standard InChI is InChI=1S/C19H32N4O2/c1-4-20-19(21-11-14-24-2)22-15-18(23-12-5-6-13-23)16-7-9-17(25-3)10-8-16/h7-10,18H,4-6,11-15H2,1-3H3,(H2,20,21,22). The molecule has 1 aromatic rings. The van der Waals surface area contributed by atoms with E-state index < -0.39 is 0 Å². The molecule has 0 saturated carbocycles. The van der Waals surface area contributed by atoms with Gasteiger partial charge in [0.2, 0.25) is 0 Å². The van der Waals surface area contributed by atoms with Crippen LogP contribution in [0.15, 0.2) is 29.3 Å². The number of rotatable bonds is 9. The molecule has 6 nitrogen and oxygen atoms in total. The molecule has 1 aliphatic heterocycles. The first-order valence-electron chi connectivity index (χ1n) is 9.17. The number of methoxy groups -OCH3 is 2. The van der Waals surface area contributed by atoms with Gasteiger partial charge in [0.15, 0.2) is 5.96 Å². The first-order valence-corrected chi connectivity index (χ1v) is 9.17. The van der Waals surface area contributed by atoms with Gasteiger partial charge in [0.1, 0.15) is 5.75 Å². The van der Waals surface area contributed by atoms with Crippen molar-refractivity contribution in [3.8, 4) is 5.75 Å². The van der Waals surface area contributed by atoms with Crippen molar-refractivity contribution in [2.75, 3.05) is 53.6 Å². The largest absolute Gasteiger partial charge is 0.497 e. The van der Waals surface area contributed by atoms with Crippen molar-refractivity contribution >= 4 is 5.96 Å². The Morgan fingerprint density at radius 1 is 1.16 bits per heavy atom. The van der Waals surface area contributed by atoms with Crippen LogP contribution in [0.5, 0.6) is 5.75 Å². The summed E-state index contributed by atoms with van der Waals surface area (Å²) in [6, 6.07) is 8.67. The van der Waals surface area contributed by atoms with Gasteiger partial charge in [-0.3, -0.25) is 9.89 Å². The Balaban J connectivity index is 2.09. The van der Waals surface area contributed by atoms with Crippen molar-refractivity contribution in [3.63, 3.8) is 0 Å². The SMILES string of the molecule is CCNC(=NCC(c1ccc(OC)cc1)N1CCCC1)NCCOC. The monoisotopic (exact) mass is 348 g/mol. The lowest BCUT2D eigenvalue weighted by molar-refractivity contribution is 0.203. The molecular weight excluding hydrogens is 316 g/mol. The van der Waals surface area contributed by atoms with Crippen LogP contribution >= 0.6 is 0 Å². The molecule has 6 heteroatoms. The normalized spacial score (nSPS) is 16.7. The zero-order valence-corrected chi connectivity index (χ0v) is 15.8. The third-order valence-electron chi connectivity index (χ3n) is 4.45. The minimum Gasteiger partial charge on any atom is -0.497 e. The van der Waals surface area contributed by atoms with E-state index in [9.17, 15) is 0 Å². The van der Waals surface area contributed by atoms with Crippen LogP contribution in [0.25, 0.3) is 0 Å². The highest BCUT2D eigenvalue weighted by atomic mass is 16.5. The number of hydrogen-bond donors (Lipinski definition) is 2. The quantitative estimate of drug-likeness (QED) is 0.406. The molecule has 1 atom stereocenters. The number of aliphatic imine (C=N–C) groups is 1. The summed E-state index contributed by atoms with van der Waals surface area (Å²) in [4.78, 5) is 7.35. The Morgan fingerprint density at radius 3 is 2.48 bits per heavy atom. The van der Waals surface area contributed by atoms with Crippen LogP contribution in [0.3, 0.4) is 0 Å². The van der Waals surface area contributed by atoms with Crippen LogP contribution in [0.1, 0.15) is 31.4 Å². The average Bonchev–Trinajstić information content (AvgIpc) is 3.17. The highest BCUT2D eigenvalue weighted by Gasteiger charge is 2.23. The molecule has 1 saturated heterocycles. The molecule has 1 unspecified atom stereocenters. The van der Waals surface area contributed by atoms with Crippen molar-refractivity contribution in [2.24, 2.45) is 4.99 Å². The predicted octanol–water partition coefficient (Wildman–Crippen LogP) is 2.03. The summed E-state index contributed by atoms with van der Waals surface area (Å²) >= 11 is 0. The van der Waals surface area contributed by atoms with E-state index in [1.807, 2.05) is 12.1 Å². The molecule has 2 rings (SSSR count). The van der Waals surface area contributed by atoms with Crippen LogP contribution in [-0.4, -0.2) is 64.4 Å². The lowest BCUT2D eigenvalue weighted by Gasteiger charge is -2.27. The van der Waals surface area contributed by atoms with Gasteiger partial charge < -0.3 is 20.1 Å². The topological polar surface area (TPSA) is 58.1 Å². The third kappa shape index (κ3) is 6.21. The van der Waals surface area contributed by atoms with Crippen molar-refractivity contribution in [1.29, 1.82) is 0 Å². The Bertz CT molecular complexity index is 513. The molecule has 2 N–H and O–H groups in total. The van der Waals surface area contributed by atoms with Gasteiger partial charge in [0.05, 0.1) is 26.3 Å². The molecule has 25 heavy (non-hydrogen) atoms. The molecule has 0 aromatic heterocycles. The van der Waals surface area contributed by atoms with Gasteiger partial charge in [0.25, 0.3) is 0 Å².